The van der Waals surface area contributed by atoms with E-state index >= 15 is 0 Å². The Labute approximate surface area is 119 Å². The zero-order valence-electron chi connectivity index (χ0n) is 11.2. The molecule has 104 valence electrons. The molecule has 1 aliphatic carbocycles. The Morgan fingerprint density at radius 2 is 2.37 bits per heavy atom. The number of amides is 1. The second kappa shape index (κ2) is 6.80. The van der Waals surface area contributed by atoms with E-state index in [2.05, 4.69) is 11.4 Å². The fourth-order valence-electron chi connectivity index (χ4n) is 2.55. The smallest absolute Gasteiger partial charge is 0.220 e. The molecule has 0 saturated carbocycles. The zero-order valence-corrected chi connectivity index (χ0v) is 12.0. The van der Waals surface area contributed by atoms with Crippen LogP contribution in [0.3, 0.4) is 0 Å². The number of carbonyl (C=O) groups excluding carboxylic acids is 1. The van der Waals surface area contributed by atoms with Crippen molar-refractivity contribution in [3.63, 3.8) is 0 Å². The molecule has 0 spiro atoms. The van der Waals surface area contributed by atoms with Crippen LogP contribution in [0.2, 0.25) is 0 Å². The fraction of sp³-hybridized carbons (Fsp3) is 0.533. The van der Waals surface area contributed by atoms with E-state index in [1.54, 1.807) is 7.11 Å². The summed E-state index contributed by atoms with van der Waals surface area (Å²) in [6.45, 7) is 0. The van der Waals surface area contributed by atoms with E-state index in [9.17, 15) is 4.79 Å². The Morgan fingerprint density at radius 3 is 3.11 bits per heavy atom. The van der Waals surface area contributed by atoms with Crippen LogP contribution in [0.1, 0.15) is 42.9 Å². The highest BCUT2D eigenvalue weighted by Crippen LogP contribution is 2.32. The minimum absolute atomic E-state index is 0.0846. The molecule has 1 atom stereocenters. The van der Waals surface area contributed by atoms with Gasteiger partial charge in [-0.1, -0.05) is 6.07 Å². The summed E-state index contributed by atoms with van der Waals surface area (Å²) in [6, 6.07) is 6.24. The molecule has 0 fully saturated rings. The summed E-state index contributed by atoms with van der Waals surface area (Å²) in [5, 5.41) is 3.11. The number of benzene rings is 1. The number of rotatable bonds is 5. The Bertz CT molecular complexity index is 448. The standard InChI is InChI=1S/C15H20ClNO2/c1-19-12-8-7-11-4-2-5-14(13(11)10-12)17-15(18)6-3-9-16/h7-8,10,14H,2-6,9H2,1H3,(H,17,18). The van der Waals surface area contributed by atoms with Gasteiger partial charge in [0.1, 0.15) is 5.75 Å². The van der Waals surface area contributed by atoms with Crippen LogP contribution in [-0.4, -0.2) is 18.9 Å². The number of halogens is 1. The maximum absolute atomic E-state index is 11.8. The molecule has 19 heavy (non-hydrogen) atoms. The zero-order chi connectivity index (χ0) is 13.7. The molecule has 1 aromatic carbocycles. The fourth-order valence-corrected chi connectivity index (χ4v) is 2.68. The van der Waals surface area contributed by atoms with E-state index < -0.39 is 0 Å². The van der Waals surface area contributed by atoms with Gasteiger partial charge in [-0.2, -0.15) is 0 Å². The van der Waals surface area contributed by atoms with Crippen LogP contribution in [0.4, 0.5) is 0 Å². The monoisotopic (exact) mass is 281 g/mol. The lowest BCUT2D eigenvalue weighted by molar-refractivity contribution is -0.121. The first-order valence-corrected chi connectivity index (χ1v) is 7.30. The molecule has 0 aromatic heterocycles. The van der Waals surface area contributed by atoms with Crippen LogP contribution in [0.15, 0.2) is 18.2 Å². The van der Waals surface area contributed by atoms with Crippen LogP contribution < -0.4 is 10.1 Å². The molecule has 0 aliphatic heterocycles. The van der Waals surface area contributed by atoms with Gasteiger partial charge in [-0.3, -0.25) is 4.79 Å². The van der Waals surface area contributed by atoms with Crippen LogP contribution in [0.25, 0.3) is 0 Å². The molecule has 0 bridgehead atoms. The topological polar surface area (TPSA) is 38.3 Å². The summed E-state index contributed by atoms with van der Waals surface area (Å²) < 4.78 is 5.27. The number of ether oxygens (including phenoxy) is 1. The highest BCUT2D eigenvalue weighted by molar-refractivity contribution is 6.17. The van der Waals surface area contributed by atoms with Crippen molar-refractivity contribution in [3.8, 4) is 5.75 Å². The summed E-state index contributed by atoms with van der Waals surface area (Å²) in [5.41, 5.74) is 2.51. The van der Waals surface area contributed by atoms with Gasteiger partial charge in [0, 0.05) is 12.3 Å². The third-order valence-corrected chi connectivity index (χ3v) is 3.81. The number of aryl methyl sites for hydroxylation is 1. The first-order valence-electron chi connectivity index (χ1n) is 6.76. The summed E-state index contributed by atoms with van der Waals surface area (Å²) in [4.78, 5) is 11.8. The normalized spacial score (nSPS) is 17.7. The van der Waals surface area contributed by atoms with Crippen molar-refractivity contribution in [1.82, 2.24) is 5.32 Å². The van der Waals surface area contributed by atoms with E-state index in [0.29, 0.717) is 12.3 Å². The molecular weight excluding hydrogens is 262 g/mol. The van der Waals surface area contributed by atoms with E-state index in [0.717, 1.165) is 31.4 Å². The summed E-state index contributed by atoms with van der Waals surface area (Å²) in [7, 11) is 1.67. The number of alkyl halides is 1. The van der Waals surface area contributed by atoms with Gasteiger partial charge in [0.2, 0.25) is 5.91 Å². The van der Waals surface area contributed by atoms with E-state index in [-0.39, 0.29) is 11.9 Å². The van der Waals surface area contributed by atoms with Crippen molar-refractivity contribution in [2.75, 3.05) is 13.0 Å². The molecule has 0 radical (unpaired) electrons. The molecule has 0 saturated heterocycles. The molecule has 0 heterocycles. The van der Waals surface area contributed by atoms with Crippen molar-refractivity contribution in [2.24, 2.45) is 0 Å². The van der Waals surface area contributed by atoms with Crippen molar-refractivity contribution in [2.45, 2.75) is 38.1 Å². The molecule has 1 aromatic rings. The average molecular weight is 282 g/mol. The number of hydrogen-bond acceptors (Lipinski definition) is 2. The summed E-state index contributed by atoms with van der Waals surface area (Å²) in [6.07, 6.45) is 4.41. The van der Waals surface area contributed by atoms with Gasteiger partial charge in [-0.25, -0.2) is 0 Å². The van der Waals surface area contributed by atoms with Crippen molar-refractivity contribution >= 4 is 17.5 Å². The SMILES string of the molecule is COc1ccc2c(c1)C(NC(=O)CCCCl)CCC2. The predicted octanol–water partition coefficient (Wildman–Crippen LogP) is 3.21. The second-order valence-corrected chi connectivity index (χ2v) is 5.25. The Balaban J connectivity index is 2.10. The lowest BCUT2D eigenvalue weighted by Gasteiger charge is -2.27. The van der Waals surface area contributed by atoms with Crippen LogP contribution in [0.5, 0.6) is 5.75 Å². The van der Waals surface area contributed by atoms with Crippen LogP contribution in [-0.2, 0) is 11.2 Å². The van der Waals surface area contributed by atoms with E-state index in [4.69, 9.17) is 16.3 Å². The first-order chi connectivity index (χ1) is 9.24. The predicted molar refractivity (Wildman–Crippen MR) is 76.8 cm³/mol. The minimum Gasteiger partial charge on any atom is -0.497 e. The lowest BCUT2D eigenvalue weighted by atomic mass is 9.87. The highest BCUT2D eigenvalue weighted by atomic mass is 35.5. The number of methoxy groups -OCH3 is 1. The summed E-state index contributed by atoms with van der Waals surface area (Å²) in [5.74, 6) is 1.46. The minimum atomic E-state index is 0.0846. The maximum atomic E-state index is 11.8. The van der Waals surface area contributed by atoms with Gasteiger partial charge < -0.3 is 10.1 Å². The Hall–Kier alpha value is -1.22. The van der Waals surface area contributed by atoms with Crippen LogP contribution >= 0.6 is 11.6 Å². The van der Waals surface area contributed by atoms with Crippen molar-refractivity contribution in [3.05, 3.63) is 29.3 Å². The number of nitrogens with one attached hydrogen (secondary N) is 1. The Morgan fingerprint density at radius 1 is 1.53 bits per heavy atom. The third kappa shape index (κ3) is 3.63. The van der Waals surface area contributed by atoms with Gasteiger partial charge >= 0.3 is 0 Å². The van der Waals surface area contributed by atoms with Crippen LogP contribution in [0, 0.1) is 0 Å². The highest BCUT2D eigenvalue weighted by Gasteiger charge is 2.22. The molecule has 1 N–H and O–H groups in total. The van der Waals surface area contributed by atoms with Crippen molar-refractivity contribution in [1.29, 1.82) is 0 Å². The quantitative estimate of drug-likeness (QED) is 0.842. The molecule has 1 amide bonds. The summed E-state index contributed by atoms with van der Waals surface area (Å²) >= 11 is 5.61. The van der Waals surface area contributed by atoms with E-state index in [1.165, 1.54) is 11.1 Å². The Kier molecular flexibility index (Phi) is 5.08. The number of hydrogen-bond donors (Lipinski definition) is 1. The number of fused-ring (bicyclic) bond motifs is 1. The first kappa shape index (κ1) is 14.2. The van der Waals surface area contributed by atoms with Gasteiger partial charge in [-0.05, 0) is 48.9 Å². The second-order valence-electron chi connectivity index (χ2n) is 4.87. The third-order valence-electron chi connectivity index (χ3n) is 3.54. The van der Waals surface area contributed by atoms with Gasteiger partial charge in [0.05, 0.1) is 13.2 Å². The molecule has 3 nitrogen and oxygen atoms in total. The molecule has 1 aliphatic rings. The van der Waals surface area contributed by atoms with E-state index in [1.807, 2.05) is 12.1 Å². The average Bonchev–Trinajstić information content (AvgIpc) is 2.45. The maximum Gasteiger partial charge on any atom is 0.220 e. The molecule has 1 unspecified atom stereocenters. The lowest BCUT2D eigenvalue weighted by Crippen LogP contribution is -2.30. The van der Waals surface area contributed by atoms with Gasteiger partial charge in [0.25, 0.3) is 0 Å². The molecule has 4 heteroatoms. The largest absolute Gasteiger partial charge is 0.497 e. The number of carbonyl (C=O) groups is 1. The van der Waals surface area contributed by atoms with Crippen molar-refractivity contribution < 1.29 is 9.53 Å². The molecule has 2 rings (SSSR count). The van der Waals surface area contributed by atoms with Gasteiger partial charge in [0.15, 0.2) is 0 Å². The van der Waals surface area contributed by atoms with Gasteiger partial charge in [-0.15, -0.1) is 11.6 Å². The molecular formula is C15H20ClNO2.